The third-order valence-electron chi connectivity index (χ3n) is 13.3. The average Bonchev–Trinajstić information content (AvgIpc) is 3.89. The minimum absolute atomic E-state index is 0.0175. The van der Waals surface area contributed by atoms with E-state index in [0.717, 1.165) is 32.4 Å². The predicted octanol–water partition coefficient (Wildman–Crippen LogP) is 8.85. The first-order valence-electron chi connectivity index (χ1n) is 20.3. The molecule has 2 N–H and O–H groups in total. The maximum absolute atomic E-state index is 15.6. The number of para-hydroxylation sites is 2. The first-order chi connectivity index (χ1) is 29.2. The summed E-state index contributed by atoms with van der Waals surface area (Å²) in [5, 5.41) is 14.8. The van der Waals surface area contributed by atoms with E-state index in [9.17, 15) is 14.7 Å². The molecule has 2 aliphatic heterocycles. The van der Waals surface area contributed by atoms with Crippen molar-refractivity contribution in [3.63, 3.8) is 0 Å². The zero-order chi connectivity index (χ0) is 40.9. The summed E-state index contributed by atoms with van der Waals surface area (Å²) in [5.41, 5.74) is 7.66. The fourth-order valence-corrected chi connectivity index (χ4v) is 10.7. The zero-order valence-electron chi connectivity index (χ0n) is 32.5. The molecule has 4 aliphatic rings. The van der Waals surface area contributed by atoms with Crippen LogP contribution in [0.1, 0.15) is 35.4 Å². The molecular formula is C50H38N4O6. The van der Waals surface area contributed by atoms with E-state index in [1.165, 1.54) is 4.90 Å². The summed E-state index contributed by atoms with van der Waals surface area (Å²) < 4.78 is 5.97. The van der Waals surface area contributed by atoms with Crippen molar-refractivity contribution in [2.75, 3.05) is 10.3 Å². The van der Waals surface area contributed by atoms with E-state index in [0.29, 0.717) is 39.5 Å². The molecule has 294 valence electrons. The van der Waals surface area contributed by atoms with Gasteiger partial charge in [0.05, 0.1) is 34.5 Å². The summed E-state index contributed by atoms with van der Waals surface area (Å²) in [6.45, 7) is 1.96. The molecule has 11 rings (SSSR count). The van der Waals surface area contributed by atoms with Gasteiger partial charge in [-0.05, 0) is 96.6 Å². The van der Waals surface area contributed by atoms with E-state index in [-0.39, 0.29) is 30.4 Å². The number of hydrazine groups is 1. The van der Waals surface area contributed by atoms with E-state index in [4.69, 9.17) is 4.42 Å². The maximum atomic E-state index is 15.6. The molecule has 2 saturated heterocycles. The molecule has 0 spiro atoms. The third kappa shape index (κ3) is 5.09. The van der Waals surface area contributed by atoms with E-state index in [1.54, 1.807) is 30.3 Å². The lowest BCUT2D eigenvalue weighted by Crippen LogP contribution is -2.53. The highest BCUT2D eigenvalue weighted by molar-refractivity contribution is 6.22. The molecule has 0 radical (unpaired) electrons. The Morgan fingerprint density at radius 1 is 0.750 bits per heavy atom. The Kier molecular flexibility index (Phi) is 7.97. The lowest BCUT2D eigenvalue weighted by atomic mass is 9.48. The number of phenolic OH excluding ortho intramolecular Hbond substituents is 1. The molecule has 0 bridgehead atoms. The zero-order valence-corrected chi connectivity index (χ0v) is 32.5. The van der Waals surface area contributed by atoms with Crippen LogP contribution in [0.15, 0.2) is 156 Å². The monoisotopic (exact) mass is 790 g/mol. The van der Waals surface area contributed by atoms with E-state index in [2.05, 4.69) is 10.4 Å². The van der Waals surface area contributed by atoms with Crippen LogP contribution in [-0.2, 0) is 24.6 Å². The van der Waals surface area contributed by atoms with Crippen LogP contribution in [0, 0.1) is 30.6 Å². The predicted molar refractivity (Wildman–Crippen MR) is 226 cm³/mol. The second-order valence-corrected chi connectivity index (χ2v) is 16.4. The number of carbonyl (C=O) groups is 4. The van der Waals surface area contributed by atoms with Gasteiger partial charge in [-0.25, -0.2) is 4.98 Å². The van der Waals surface area contributed by atoms with Crippen LogP contribution < -0.4 is 10.3 Å². The summed E-state index contributed by atoms with van der Waals surface area (Å²) in [6.07, 6.45) is 2.41. The number of fused-ring (bicyclic) bond motifs is 6. The van der Waals surface area contributed by atoms with Gasteiger partial charge in [0.25, 0.3) is 11.8 Å². The average molecular weight is 791 g/mol. The highest BCUT2D eigenvalue weighted by Gasteiger charge is 2.71. The summed E-state index contributed by atoms with van der Waals surface area (Å²) in [7, 11) is 0. The standard InChI is InChI=1S/C50H38N4O6/c1-28-15-20-32(21-16-28)52-54-47(57)38-27-37-35(44(50(38,49(54)59)31-10-3-2-4-11-31)43-34-12-6-5-9-29(34)19-26-40(43)55)24-25-36-42(37)48(58)53(46(36)56)33-22-17-30(18-23-33)45-51-39-13-7-8-14-41(39)60-45/h2-24,26,36-38,42,44,52,55H,25,27H2,1H3/t36-,37+,38-,42-,44+,50+/m0/s1. The summed E-state index contributed by atoms with van der Waals surface area (Å²) in [6, 6.07) is 42.5. The Labute approximate surface area is 344 Å². The van der Waals surface area contributed by atoms with Gasteiger partial charge in [-0.1, -0.05) is 102 Å². The maximum Gasteiger partial charge on any atom is 0.260 e. The fraction of sp³-hybridized carbons (Fsp3) is 0.180. The molecular weight excluding hydrogens is 753 g/mol. The van der Waals surface area contributed by atoms with Gasteiger partial charge in [0.1, 0.15) is 11.3 Å². The van der Waals surface area contributed by atoms with E-state index >= 15 is 9.59 Å². The number of imide groups is 2. The topological polar surface area (TPSA) is 133 Å². The molecule has 10 heteroatoms. The number of anilines is 2. The van der Waals surface area contributed by atoms with Crippen molar-refractivity contribution in [2.24, 2.45) is 23.7 Å². The molecule has 10 nitrogen and oxygen atoms in total. The van der Waals surface area contributed by atoms with E-state index < -0.39 is 46.8 Å². The summed E-state index contributed by atoms with van der Waals surface area (Å²) >= 11 is 0. The minimum atomic E-state index is -1.52. The van der Waals surface area contributed by atoms with Crippen molar-refractivity contribution in [2.45, 2.75) is 31.1 Å². The number of aromatic hydroxyl groups is 1. The van der Waals surface area contributed by atoms with Gasteiger partial charge in [0, 0.05) is 17.0 Å². The molecule has 3 heterocycles. The van der Waals surface area contributed by atoms with E-state index in [1.807, 2.05) is 122 Å². The highest BCUT2D eigenvalue weighted by atomic mass is 16.3. The van der Waals surface area contributed by atoms with Crippen molar-refractivity contribution in [1.82, 2.24) is 9.99 Å². The highest BCUT2D eigenvalue weighted by Crippen LogP contribution is 2.65. The van der Waals surface area contributed by atoms with Gasteiger partial charge in [-0.15, -0.1) is 0 Å². The summed E-state index contributed by atoms with van der Waals surface area (Å²) in [4.78, 5) is 66.0. The number of rotatable bonds is 6. The molecule has 2 aliphatic carbocycles. The van der Waals surface area contributed by atoms with Crippen LogP contribution >= 0.6 is 0 Å². The van der Waals surface area contributed by atoms with Gasteiger partial charge < -0.3 is 9.52 Å². The van der Waals surface area contributed by atoms with Crippen molar-refractivity contribution in [3.05, 3.63) is 168 Å². The van der Waals surface area contributed by atoms with Crippen molar-refractivity contribution in [1.29, 1.82) is 0 Å². The van der Waals surface area contributed by atoms with Gasteiger partial charge in [-0.3, -0.25) is 29.5 Å². The minimum Gasteiger partial charge on any atom is -0.508 e. The normalized spacial score (nSPS) is 24.8. The lowest BCUT2D eigenvalue weighted by molar-refractivity contribution is -0.138. The number of benzene rings is 6. The second kappa shape index (κ2) is 13.4. The Morgan fingerprint density at radius 2 is 1.48 bits per heavy atom. The van der Waals surface area contributed by atoms with Crippen LogP contribution in [0.2, 0.25) is 0 Å². The van der Waals surface area contributed by atoms with Crippen molar-refractivity contribution >= 4 is 56.9 Å². The quantitative estimate of drug-likeness (QED) is 0.126. The third-order valence-corrected chi connectivity index (χ3v) is 13.3. The number of hydrogen-bond donors (Lipinski definition) is 2. The fourth-order valence-electron chi connectivity index (χ4n) is 10.7. The largest absolute Gasteiger partial charge is 0.508 e. The van der Waals surface area contributed by atoms with Crippen LogP contribution in [0.25, 0.3) is 33.3 Å². The molecule has 4 amide bonds. The number of nitrogens with zero attached hydrogens (tertiary/aromatic N) is 3. The number of aromatic nitrogens is 1. The summed E-state index contributed by atoms with van der Waals surface area (Å²) in [5.74, 6) is -5.03. The van der Waals surface area contributed by atoms with Gasteiger partial charge >= 0.3 is 0 Å². The van der Waals surface area contributed by atoms with Crippen molar-refractivity contribution in [3.8, 4) is 17.2 Å². The Balaban J connectivity index is 1.05. The number of aryl methyl sites for hydroxylation is 1. The lowest BCUT2D eigenvalue weighted by Gasteiger charge is -2.51. The Morgan fingerprint density at radius 3 is 2.27 bits per heavy atom. The van der Waals surface area contributed by atoms with Gasteiger partial charge in [0.15, 0.2) is 5.58 Å². The molecule has 0 unspecified atom stereocenters. The number of phenols is 1. The first-order valence-corrected chi connectivity index (χ1v) is 20.3. The first kappa shape index (κ1) is 35.8. The molecule has 3 fully saturated rings. The second-order valence-electron chi connectivity index (χ2n) is 16.4. The molecule has 60 heavy (non-hydrogen) atoms. The van der Waals surface area contributed by atoms with Crippen LogP contribution in [0.3, 0.4) is 0 Å². The number of carbonyl (C=O) groups excluding carboxylic acids is 4. The number of amides is 4. The molecule has 7 aromatic rings. The Bertz CT molecular complexity index is 2920. The smallest absolute Gasteiger partial charge is 0.260 e. The number of oxazole rings is 1. The van der Waals surface area contributed by atoms with Crippen LogP contribution in [0.4, 0.5) is 11.4 Å². The van der Waals surface area contributed by atoms with Gasteiger partial charge in [0.2, 0.25) is 17.7 Å². The number of nitrogens with one attached hydrogen (secondary N) is 1. The number of allylic oxidation sites excluding steroid dienone is 2. The van der Waals surface area contributed by atoms with Crippen LogP contribution in [-0.4, -0.2) is 38.7 Å². The van der Waals surface area contributed by atoms with Crippen molar-refractivity contribution < 1.29 is 28.7 Å². The van der Waals surface area contributed by atoms with Crippen LogP contribution in [0.5, 0.6) is 5.75 Å². The molecule has 6 aromatic carbocycles. The Hall–Kier alpha value is -7.33. The molecule has 1 aromatic heterocycles. The van der Waals surface area contributed by atoms with Gasteiger partial charge in [-0.2, -0.15) is 5.01 Å². The molecule has 1 saturated carbocycles. The molecule has 6 atom stereocenters. The SMILES string of the molecule is Cc1ccc(NN2C(=O)[C@@H]3C[C@@H]4C(=CC[C@@H]5C(=O)N(c6ccc(-c7nc8ccccc8o7)cc6)C(=O)[C@@H]54)[C@H](c4c(O)ccc5ccccc45)[C@]3(c3ccccc3)C2=O)cc1. The number of hydrogen-bond acceptors (Lipinski definition) is 8.